The van der Waals surface area contributed by atoms with Crippen LogP contribution in [0.1, 0.15) is 55.5 Å². The van der Waals surface area contributed by atoms with Crippen LogP contribution >= 0.6 is 0 Å². The molecule has 4 rings (SSSR count). The Balaban J connectivity index is 1.27. The molecule has 0 radical (unpaired) electrons. The van der Waals surface area contributed by atoms with Crippen molar-refractivity contribution in [1.82, 2.24) is 9.80 Å². The summed E-state index contributed by atoms with van der Waals surface area (Å²) < 4.78 is 18.2. The molecule has 2 fully saturated rings. The zero-order valence-electron chi connectivity index (χ0n) is 21.4. The van der Waals surface area contributed by atoms with Gasteiger partial charge < -0.3 is 19.9 Å². The standard InChI is InChI=1S/C29H38FN3O3/c1-3-36-28(34)24-6-4-8-27(19-24)31-29(35)33-15-5-7-25(20-33)21(2)32-16-13-23(14-17-32)18-22-9-11-26(30)12-10-22/h4,6,8-12,19,21,23,25H,3,5,7,13-18,20H2,1-2H3,(H,31,35). The molecule has 0 saturated carbocycles. The Bertz CT molecular complexity index is 1020. The Hall–Kier alpha value is -2.93. The molecular formula is C29H38FN3O3. The van der Waals surface area contributed by atoms with E-state index in [1.807, 2.05) is 17.0 Å². The second kappa shape index (κ2) is 12.3. The van der Waals surface area contributed by atoms with E-state index >= 15 is 0 Å². The van der Waals surface area contributed by atoms with Gasteiger partial charge in [-0.3, -0.25) is 0 Å². The summed E-state index contributed by atoms with van der Waals surface area (Å²) in [5.74, 6) is 0.506. The van der Waals surface area contributed by atoms with E-state index in [2.05, 4.69) is 17.1 Å². The molecule has 6 nitrogen and oxygen atoms in total. The second-order valence-corrected chi connectivity index (χ2v) is 10.1. The van der Waals surface area contributed by atoms with Gasteiger partial charge in [0.15, 0.2) is 0 Å². The molecule has 2 heterocycles. The largest absolute Gasteiger partial charge is 0.462 e. The molecule has 2 unspecified atom stereocenters. The van der Waals surface area contributed by atoms with Gasteiger partial charge in [-0.2, -0.15) is 0 Å². The van der Waals surface area contributed by atoms with Crippen molar-refractivity contribution in [2.24, 2.45) is 11.8 Å². The Morgan fingerprint density at radius 3 is 2.56 bits per heavy atom. The summed E-state index contributed by atoms with van der Waals surface area (Å²) >= 11 is 0. The zero-order chi connectivity index (χ0) is 25.5. The maximum atomic E-state index is 13.2. The Morgan fingerprint density at radius 2 is 1.83 bits per heavy atom. The lowest BCUT2D eigenvalue weighted by atomic mass is 9.86. The lowest BCUT2D eigenvalue weighted by Gasteiger charge is -2.43. The van der Waals surface area contributed by atoms with Crippen molar-refractivity contribution >= 4 is 17.7 Å². The van der Waals surface area contributed by atoms with Crippen molar-refractivity contribution < 1.29 is 18.7 Å². The van der Waals surface area contributed by atoms with Crippen LogP contribution in [0.3, 0.4) is 0 Å². The molecule has 0 aliphatic carbocycles. The number of ether oxygens (including phenoxy) is 1. The summed E-state index contributed by atoms with van der Waals surface area (Å²) in [4.78, 5) is 29.5. The number of likely N-dealkylation sites (tertiary alicyclic amines) is 2. The molecule has 2 aromatic rings. The molecule has 2 saturated heterocycles. The van der Waals surface area contributed by atoms with Crippen molar-refractivity contribution in [1.29, 1.82) is 0 Å². The lowest BCUT2D eigenvalue weighted by molar-refractivity contribution is 0.0526. The van der Waals surface area contributed by atoms with Crippen LogP contribution in [0, 0.1) is 17.7 Å². The fraction of sp³-hybridized carbons (Fsp3) is 0.517. The van der Waals surface area contributed by atoms with Crippen LogP contribution in [-0.4, -0.2) is 60.6 Å². The first kappa shape index (κ1) is 26.1. The Labute approximate surface area is 213 Å². The van der Waals surface area contributed by atoms with Crippen LogP contribution in [0.4, 0.5) is 14.9 Å². The average molecular weight is 496 g/mol. The third-order valence-electron chi connectivity index (χ3n) is 7.71. The molecular weight excluding hydrogens is 457 g/mol. The van der Waals surface area contributed by atoms with E-state index in [1.165, 1.54) is 5.56 Å². The summed E-state index contributed by atoms with van der Waals surface area (Å²) in [6.07, 6.45) is 5.42. The van der Waals surface area contributed by atoms with E-state index in [0.717, 1.165) is 58.3 Å². The topological polar surface area (TPSA) is 61.9 Å². The number of urea groups is 1. The van der Waals surface area contributed by atoms with Gasteiger partial charge in [0.2, 0.25) is 0 Å². The molecule has 0 aromatic heterocycles. The van der Waals surface area contributed by atoms with Crippen LogP contribution in [0.2, 0.25) is 0 Å². The van der Waals surface area contributed by atoms with E-state index in [0.29, 0.717) is 35.7 Å². The van der Waals surface area contributed by atoms with Gasteiger partial charge in [-0.15, -0.1) is 0 Å². The minimum Gasteiger partial charge on any atom is -0.462 e. The van der Waals surface area contributed by atoms with E-state index in [9.17, 15) is 14.0 Å². The number of carbonyl (C=O) groups is 2. The minimum atomic E-state index is -0.387. The molecule has 2 amide bonds. The van der Waals surface area contributed by atoms with E-state index in [4.69, 9.17) is 4.74 Å². The smallest absolute Gasteiger partial charge is 0.338 e. The first-order valence-electron chi connectivity index (χ1n) is 13.2. The number of benzene rings is 2. The molecule has 0 spiro atoms. The minimum absolute atomic E-state index is 0.120. The van der Waals surface area contributed by atoms with Gasteiger partial charge >= 0.3 is 12.0 Å². The van der Waals surface area contributed by atoms with Crippen LogP contribution in [0.25, 0.3) is 0 Å². The maximum absolute atomic E-state index is 13.2. The molecule has 2 atom stereocenters. The van der Waals surface area contributed by atoms with E-state index in [-0.39, 0.29) is 17.8 Å². The summed E-state index contributed by atoms with van der Waals surface area (Å²) in [6, 6.07) is 14.1. The number of piperidine rings is 2. The number of nitrogens with one attached hydrogen (secondary N) is 1. The summed E-state index contributed by atoms with van der Waals surface area (Å²) in [5.41, 5.74) is 2.25. The van der Waals surface area contributed by atoms with Crippen molar-refractivity contribution in [2.45, 2.75) is 52.0 Å². The number of hydrogen-bond donors (Lipinski definition) is 1. The first-order valence-corrected chi connectivity index (χ1v) is 13.2. The van der Waals surface area contributed by atoms with Gasteiger partial charge in [0.1, 0.15) is 5.82 Å². The molecule has 7 heteroatoms. The quantitative estimate of drug-likeness (QED) is 0.509. The maximum Gasteiger partial charge on any atom is 0.338 e. The summed E-state index contributed by atoms with van der Waals surface area (Å²) in [6.45, 7) is 8.00. The molecule has 194 valence electrons. The number of rotatable bonds is 7. The fourth-order valence-corrected chi connectivity index (χ4v) is 5.55. The van der Waals surface area contributed by atoms with Gasteiger partial charge in [-0.25, -0.2) is 14.0 Å². The third kappa shape index (κ3) is 6.84. The van der Waals surface area contributed by atoms with E-state index < -0.39 is 0 Å². The van der Waals surface area contributed by atoms with Crippen LogP contribution in [0.5, 0.6) is 0 Å². The number of nitrogens with zero attached hydrogens (tertiary/aromatic N) is 2. The first-order chi connectivity index (χ1) is 17.4. The molecule has 2 aliphatic heterocycles. The predicted molar refractivity (Wildman–Crippen MR) is 140 cm³/mol. The zero-order valence-corrected chi connectivity index (χ0v) is 21.4. The number of carbonyl (C=O) groups excluding carboxylic acids is 2. The number of anilines is 1. The van der Waals surface area contributed by atoms with Gasteiger partial charge in [0, 0.05) is 24.8 Å². The second-order valence-electron chi connectivity index (χ2n) is 10.1. The molecule has 36 heavy (non-hydrogen) atoms. The van der Waals surface area contributed by atoms with Gasteiger partial charge in [0.05, 0.1) is 12.2 Å². The third-order valence-corrected chi connectivity index (χ3v) is 7.71. The van der Waals surface area contributed by atoms with Gasteiger partial charge in [0.25, 0.3) is 0 Å². The van der Waals surface area contributed by atoms with Crippen molar-refractivity contribution in [3.8, 4) is 0 Å². The molecule has 2 aromatic carbocycles. The predicted octanol–water partition coefficient (Wildman–Crippen LogP) is 5.59. The number of amides is 2. The number of esters is 1. The number of hydrogen-bond acceptors (Lipinski definition) is 4. The molecule has 2 aliphatic rings. The van der Waals surface area contributed by atoms with E-state index in [1.54, 1.807) is 43.3 Å². The monoisotopic (exact) mass is 495 g/mol. The molecule has 0 bridgehead atoms. The normalized spacial score (nSPS) is 20.1. The van der Waals surface area contributed by atoms with Gasteiger partial charge in [-0.05, 0) is 107 Å². The van der Waals surface area contributed by atoms with Crippen LogP contribution in [0.15, 0.2) is 48.5 Å². The highest BCUT2D eigenvalue weighted by atomic mass is 19.1. The highest BCUT2D eigenvalue weighted by Gasteiger charge is 2.32. The van der Waals surface area contributed by atoms with Gasteiger partial charge in [-0.1, -0.05) is 18.2 Å². The van der Waals surface area contributed by atoms with Crippen LogP contribution < -0.4 is 5.32 Å². The molecule has 1 N–H and O–H groups in total. The lowest BCUT2D eigenvalue weighted by Crippen LogP contribution is -2.50. The van der Waals surface area contributed by atoms with Crippen molar-refractivity contribution in [3.63, 3.8) is 0 Å². The van der Waals surface area contributed by atoms with Crippen molar-refractivity contribution in [2.75, 3.05) is 38.1 Å². The highest BCUT2D eigenvalue weighted by Crippen LogP contribution is 2.29. The average Bonchev–Trinajstić information content (AvgIpc) is 2.90. The SMILES string of the molecule is CCOC(=O)c1cccc(NC(=O)N2CCCC(C(C)N3CCC(Cc4ccc(F)cc4)CC3)C2)c1. The Kier molecular flexibility index (Phi) is 8.97. The highest BCUT2D eigenvalue weighted by molar-refractivity contribution is 5.94. The number of halogens is 1. The Morgan fingerprint density at radius 1 is 1.08 bits per heavy atom. The fourth-order valence-electron chi connectivity index (χ4n) is 5.55. The summed E-state index contributed by atoms with van der Waals surface area (Å²) in [5, 5.41) is 2.96. The summed E-state index contributed by atoms with van der Waals surface area (Å²) in [7, 11) is 0. The van der Waals surface area contributed by atoms with Crippen molar-refractivity contribution in [3.05, 3.63) is 65.5 Å². The van der Waals surface area contributed by atoms with Crippen LogP contribution in [-0.2, 0) is 11.2 Å².